The summed E-state index contributed by atoms with van der Waals surface area (Å²) in [5.41, 5.74) is 3.34. The second kappa shape index (κ2) is 7.79. The summed E-state index contributed by atoms with van der Waals surface area (Å²) in [6, 6.07) is 11.8. The average Bonchev–Trinajstić information content (AvgIpc) is 3.17. The van der Waals surface area contributed by atoms with Gasteiger partial charge < -0.3 is 10.6 Å². The number of carbonyl (C=O) groups is 2. The number of benzene rings is 2. The molecule has 0 radical (unpaired) electrons. The smallest absolute Gasteiger partial charge is 0.228 e. The van der Waals surface area contributed by atoms with Crippen LogP contribution in [0.2, 0.25) is 0 Å². The van der Waals surface area contributed by atoms with E-state index in [4.69, 9.17) is 5.26 Å². The minimum Gasteiger partial charge on any atom is -0.330 e. The Morgan fingerprint density at radius 2 is 2.10 bits per heavy atom. The van der Waals surface area contributed by atoms with E-state index in [2.05, 4.69) is 26.9 Å². The third kappa shape index (κ3) is 3.78. The van der Waals surface area contributed by atoms with Crippen molar-refractivity contribution >= 4 is 28.4 Å². The third-order valence-corrected chi connectivity index (χ3v) is 5.21. The first-order chi connectivity index (χ1) is 14.4. The van der Waals surface area contributed by atoms with Gasteiger partial charge in [-0.05, 0) is 36.3 Å². The van der Waals surface area contributed by atoms with Gasteiger partial charge in [0.05, 0.1) is 35.5 Å². The molecule has 1 aliphatic rings. The second-order valence-corrected chi connectivity index (χ2v) is 7.20. The number of amides is 2. The van der Waals surface area contributed by atoms with Crippen LogP contribution in [0.5, 0.6) is 0 Å². The zero-order chi connectivity index (χ0) is 21.3. The molecule has 2 amide bonds. The number of aromatic nitrogens is 2. The Morgan fingerprint density at radius 1 is 1.33 bits per heavy atom. The maximum Gasteiger partial charge on any atom is 0.228 e. The van der Waals surface area contributed by atoms with Crippen molar-refractivity contribution in [1.29, 1.82) is 5.26 Å². The Balaban J connectivity index is 1.58. The standard InChI is InChI=1S/C22H18FN5O2/c1-12-16(17(8-21(29)26-12)14-4-2-13(10-24)3-5-14)7-22(30)27-20-6-15-11-25-28-19(15)9-18(20)23/h2-6,9,11,17H,7-8H2,1H3,(H,25,28)(H,26,29)(H,27,30). The summed E-state index contributed by atoms with van der Waals surface area (Å²) >= 11 is 0. The van der Waals surface area contributed by atoms with Crippen molar-refractivity contribution in [2.45, 2.75) is 25.7 Å². The molecule has 4 rings (SSSR count). The van der Waals surface area contributed by atoms with E-state index in [0.29, 0.717) is 22.2 Å². The fraction of sp³-hybridized carbons (Fsp3) is 0.182. The molecule has 0 aliphatic carbocycles. The summed E-state index contributed by atoms with van der Waals surface area (Å²) < 4.78 is 14.3. The molecule has 7 nitrogen and oxygen atoms in total. The summed E-state index contributed by atoms with van der Waals surface area (Å²) in [5.74, 6) is -1.38. The van der Waals surface area contributed by atoms with Gasteiger partial charge >= 0.3 is 0 Å². The van der Waals surface area contributed by atoms with E-state index in [1.807, 2.05) is 0 Å². The number of hydrogen-bond donors (Lipinski definition) is 3. The molecule has 0 bridgehead atoms. The molecule has 150 valence electrons. The van der Waals surface area contributed by atoms with Crippen molar-refractivity contribution in [3.8, 4) is 6.07 Å². The molecule has 0 fully saturated rings. The van der Waals surface area contributed by atoms with Crippen molar-refractivity contribution in [2.24, 2.45) is 0 Å². The summed E-state index contributed by atoms with van der Waals surface area (Å²) in [7, 11) is 0. The van der Waals surface area contributed by atoms with Crippen LogP contribution in [0.1, 0.15) is 36.8 Å². The van der Waals surface area contributed by atoms with Gasteiger partial charge in [-0.2, -0.15) is 10.4 Å². The lowest BCUT2D eigenvalue weighted by Gasteiger charge is -2.28. The van der Waals surface area contributed by atoms with Crippen molar-refractivity contribution < 1.29 is 14.0 Å². The predicted octanol–water partition coefficient (Wildman–Crippen LogP) is 3.48. The maximum absolute atomic E-state index is 14.3. The molecule has 3 N–H and O–H groups in total. The van der Waals surface area contributed by atoms with Crippen LogP contribution in [-0.2, 0) is 9.59 Å². The van der Waals surface area contributed by atoms with Gasteiger partial charge in [-0.15, -0.1) is 0 Å². The number of hydrogen-bond acceptors (Lipinski definition) is 4. The van der Waals surface area contributed by atoms with E-state index in [9.17, 15) is 14.0 Å². The lowest BCUT2D eigenvalue weighted by molar-refractivity contribution is -0.121. The van der Waals surface area contributed by atoms with Gasteiger partial charge in [0.2, 0.25) is 11.8 Å². The molecule has 8 heteroatoms. The Hall–Kier alpha value is -3.99. The van der Waals surface area contributed by atoms with Gasteiger partial charge in [0.1, 0.15) is 5.82 Å². The normalized spacial score (nSPS) is 16.3. The van der Waals surface area contributed by atoms with E-state index in [1.54, 1.807) is 37.4 Å². The van der Waals surface area contributed by atoms with Crippen LogP contribution in [0, 0.1) is 17.1 Å². The Labute approximate surface area is 171 Å². The molecule has 1 unspecified atom stereocenters. The summed E-state index contributed by atoms with van der Waals surface area (Å²) in [5, 5.41) is 21.6. The van der Waals surface area contributed by atoms with Crippen LogP contribution in [0.3, 0.4) is 0 Å². The van der Waals surface area contributed by atoms with Crippen LogP contribution in [-0.4, -0.2) is 22.0 Å². The van der Waals surface area contributed by atoms with Crippen LogP contribution in [0.15, 0.2) is 53.9 Å². The number of rotatable bonds is 4. The highest BCUT2D eigenvalue weighted by atomic mass is 19.1. The SMILES string of the molecule is CC1=C(CC(=O)Nc2cc3cn[nH]c3cc2F)C(c2ccc(C#N)cc2)CC(=O)N1. The topological polar surface area (TPSA) is 111 Å². The summed E-state index contributed by atoms with van der Waals surface area (Å²) in [4.78, 5) is 24.8. The lowest BCUT2D eigenvalue weighted by atomic mass is 9.82. The molecular weight excluding hydrogens is 385 g/mol. The lowest BCUT2D eigenvalue weighted by Crippen LogP contribution is -2.32. The third-order valence-electron chi connectivity index (χ3n) is 5.21. The molecule has 1 aromatic heterocycles. The van der Waals surface area contributed by atoms with Gasteiger partial charge in [0.25, 0.3) is 0 Å². The fourth-order valence-electron chi connectivity index (χ4n) is 3.70. The van der Waals surface area contributed by atoms with Gasteiger partial charge in [-0.3, -0.25) is 14.7 Å². The van der Waals surface area contributed by atoms with Crippen LogP contribution in [0.25, 0.3) is 10.9 Å². The zero-order valence-electron chi connectivity index (χ0n) is 16.1. The minimum absolute atomic E-state index is 0.000352. The van der Waals surface area contributed by atoms with E-state index in [1.165, 1.54) is 12.1 Å². The van der Waals surface area contributed by atoms with Crippen LogP contribution in [0.4, 0.5) is 10.1 Å². The molecule has 2 aromatic carbocycles. The number of carbonyl (C=O) groups excluding carboxylic acids is 2. The maximum atomic E-state index is 14.3. The average molecular weight is 403 g/mol. The molecular formula is C22H18FN5O2. The first-order valence-corrected chi connectivity index (χ1v) is 9.36. The second-order valence-electron chi connectivity index (χ2n) is 7.20. The minimum atomic E-state index is -0.564. The summed E-state index contributed by atoms with van der Waals surface area (Å²) in [6.07, 6.45) is 1.75. The van der Waals surface area contributed by atoms with Gasteiger partial charge in [-0.1, -0.05) is 12.1 Å². The highest BCUT2D eigenvalue weighted by Gasteiger charge is 2.29. The monoisotopic (exact) mass is 403 g/mol. The van der Waals surface area contributed by atoms with Crippen molar-refractivity contribution in [3.63, 3.8) is 0 Å². The molecule has 2 heterocycles. The van der Waals surface area contributed by atoms with Crippen molar-refractivity contribution in [3.05, 3.63) is 70.8 Å². The van der Waals surface area contributed by atoms with E-state index in [-0.39, 0.29) is 36.3 Å². The van der Waals surface area contributed by atoms with Crippen molar-refractivity contribution in [1.82, 2.24) is 15.5 Å². The number of aromatic amines is 1. The van der Waals surface area contributed by atoms with Crippen molar-refractivity contribution in [2.75, 3.05) is 5.32 Å². The largest absolute Gasteiger partial charge is 0.330 e. The molecule has 1 atom stereocenters. The number of halogens is 1. The molecule has 0 spiro atoms. The van der Waals surface area contributed by atoms with E-state index >= 15 is 0 Å². The van der Waals surface area contributed by atoms with Gasteiger partial charge in [-0.25, -0.2) is 4.39 Å². The number of H-pyrrole nitrogens is 1. The summed E-state index contributed by atoms with van der Waals surface area (Å²) in [6.45, 7) is 1.74. The number of anilines is 1. The van der Waals surface area contributed by atoms with Crippen LogP contribution >= 0.6 is 0 Å². The van der Waals surface area contributed by atoms with Gasteiger partial charge in [0, 0.05) is 29.5 Å². The number of allylic oxidation sites excluding steroid dienone is 1. The Morgan fingerprint density at radius 3 is 2.83 bits per heavy atom. The number of fused-ring (bicyclic) bond motifs is 1. The van der Waals surface area contributed by atoms with Gasteiger partial charge in [0.15, 0.2) is 0 Å². The highest BCUT2D eigenvalue weighted by molar-refractivity contribution is 5.95. The molecule has 1 aliphatic heterocycles. The highest BCUT2D eigenvalue weighted by Crippen LogP contribution is 2.35. The number of nitrogens with one attached hydrogen (secondary N) is 3. The first kappa shape index (κ1) is 19.3. The molecule has 30 heavy (non-hydrogen) atoms. The molecule has 3 aromatic rings. The van der Waals surface area contributed by atoms with Crippen LogP contribution < -0.4 is 10.6 Å². The number of nitrogens with zero attached hydrogens (tertiary/aromatic N) is 2. The van der Waals surface area contributed by atoms with E-state index in [0.717, 1.165) is 11.1 Å². The Kier molecular flexibility index (Phi) is 5.02. The Bertz CT molecular complexity index is 1220. The molecule has 0 saturated carbocycles. The molecule has 0 saturated heterocycles. The predicted molar refractivity (Wildman–Crippen MR) is 109 cm³/mol. The first-order valence-electron chi connectivity index (χ1n) is 9.36. The number of nitriles is 1. The zero-order valence-corrected chi connectivity index (χ0v) is 16.1. The quantitative estimate of drug-likeness (QED) is 0.619. The van der Waals surface area contributed by atoms with E-state index < -0.39 is 5.82 Å². The fourth-order valence-corrected chi connectivity index (χ4v) is 3.70.